The van der Waals surface area contributed by atoms with E-state index in [1.807, 2.05) is 36.4 Å². The minimum absolute atomic E-state index is 0.126. The van der Waals surface area contributed by atoms with Gasteiger partial charge >= 0.3 is 0 Å². The van der Waals surface area contributed by atoms with Crippen molar-refractivity contribution in [1.82, 2.24) is 9.97 Å². The lowest BCUT2D eigenvalue weighted by molar-refractivity contribution is 0.378. The van der Waals surface area contributed by atoms with Gasteiger partial charge in [-0.1, -0.05) is 53.5 Å². The molecule has 0 aliphatic heterocycles. The van der Waals surface area contributed by atoms with Crippen LogP contribution in [0.5, 0.6) is 23.0 Å². The molecule has 26 heavy (non-hydrogen) atoms. The molecule has 0 saturated heterocycles. The largest absolute Gasteiger partial charge is 0.496 e. The number of ether oxygens (including phenoxy) is 3. The summed E-state index contributed by atoms with van der Waals surface area (Å²) in [6, 6.07) is 14.8. The first-order chi connectivity index (χ1) is 12.6. The lowest BCUT2D eigenvalue weighted by Crippen LogP contribution is -2.02. The molecule has 5 nitrogen and oxygen atoms in total. The van der Waals surface area contributed by atoms with Gasteiger partial charge in [0.1, 0.15) is 11.6 Å². The van der Waals surface area contributed by atoms with Crippen LogP contribution in [0.1, 0.15) is 11.4 Å². The molecule has 0 N–H and O–H groups in total. The van der Waals surface area contributed by atoms with E-state index in [2.05, 4.69) is 9.97 Å². The maximum atomic E-state index is 6.29. The lowest BCUT2D eigenvalue weighted by atomic mass is 10.1. The summed E-state index contributed by atoms with van der Waals surface area (Å²) in [7, 11) is 3.17. The number of hydrogen-bond donors (Lipinski definition) is 0. The van der Waals surface area contributed by atoms with Crippen LogP contribution in [0.2, 0.25) is 10.3 Å². The first kappa shape index (κ1) is 18.3. The van der Waals surface area contributed by atoms with Crippen molar-refractivity contribution in [1.29, 1.82) is 0 Å². The Morgan fingerprint density at radius 1 is 0.769 bits per heavy atom. The van der Waals surface area contributed by atoms with Crippen LogP contribution in [0, 0.1) is 0 Å². The number of methoxy groups -OCH3 is 2. The van der Waals surface area contributed by atoms with E-state index in [4.69, 9.17) is 37.4 Å². The van der Waals surface area contributed by atoms with E-state index in [1.54, 1.807) is 26.4 Å². The second-order valence-electron chi connectivity index (χ2n) is 5.29. The van der Waals surface area contributed by atoms with Gasteiger partial charge in [-0.2, -0.15) is 0 Å². The van der Waals surface area contributed by atoms with E-state index in [9.17, 15) is 0 Å². The number of nitrogens with zero attached hydrogens (tertiary/aromatic N) is 2. The summed E-state index contributed by atoms with van der Waals surface area (Å²) >= 11 is 12.6. The Kier molecular flexibility index (Phi) is 5.81. The molecule has 0 bridgehead atoms. The van der Waals surface area contributed by atoms with Crippen molar-refractivity contribution in [2.75, 3.05) is 14.2 Å². The Morgan fingerprint density at radius 3 is 1.92 bits per heavy atom. The number of hydrogen-bond acceptors (Lipinski definition) is 5. The normalized spacial score (nSPS) is 10.5. The highest BCUT2D eigenvalue weighted by atomic mass is 35.5. The monoisotopic (exact) mass is 390 g/mol. The number of halogens is 2. The quantitative estimate of drug-likeness (QED) is 0.542. The van der Waals surface area contributed by atoms with Crippen molar-refractivity contribution >= 4 is 23.2 Å². The smallest absolute Gasteiger partial charge is 0.202 e. The fourth-order valence-corrected chi connectivity index (χ4v) is 2.93. The summed E-state index contributed by atoms with van der Waals surface area (Å²) in [6.45, 7) is 0. The molecule has 0 amide bonds. The molecule has 2 aromatic carbocycles. The Hall–Kier alpha value is -2.50. The molecule has 134 valence electrons. The highest BCUT2D eigenvalue weighted by Gasteiger charge is 2.17. The molecule has 0 radical (unpaired) electrons. The lowest BCUT2D eigenvalue weighted by Gasteiger charge is -2.13. The molecular formula is C19H16Cl2N2O3. The van der Waals surface area contributed by atoms with Crippen molar-refractivity contribution in [3.8, 4) is 23.0 Å². The molecule has 0 aliphatic carbocycles. The van der Waals surface area contributed by atoms with Gasteiger partial charge in [0.2, 0.25) is 5.75 Å². The van der Waals surface area contributed by atoms with Gasteiger partial charge in [-0.25, -0.2) is 9.97 Å². The van der Waals surface area contributed by atoms with E-state index in [0.717, 1.165) is 11.3 Å². The SMILES string of the molecule is COc1ccccc1Cc1nc(Cl)c(Oc2ccccc2OC)c(Cl)n1. The van der Waals surface area contributed by atoms with E-state index in [-0.39, 0.29) is 16.1 Å². The molecular weight excluding hydrogens is 375 g/mol. The highest BCUT2D eigenvalue weighted by molar-refractivity contribution is 6.35. The average molecular weight is 391 g/mol. The zero-order valence-corrected chi connectivity index (χ0v) is 15.7. The van der Waals surface area contributed by atoms with Crippen molar-refractivity contribution in [2.24, 2.45) is 0 Å². The van der Waals surface area contributed by atoms with Crippen LogP contribution in [0.15, 0.2) is 48.5 Å². The summed E-state index contributed by atoms with van der Waals surface area (Å²) in [4.78, 5) is 8.61. The standard InChI is InChI=1S/C19H16Cl2N2O3/c1-24-13-8-4-3-7-12(13)11-16-22-18(20)17(19(21)23-16)26-15-10-6-5-9-14(15)25-2/h3-10H,11H2,1-2H3. The Morgan fingerprint density at radius 2 is 1.31 bits per heavy atom. The third-order valence-corrected chi connectivity index (χ3v) is 4.16. The third-order valence-electron chi connectivity index (χ3n) is 3.65. The van der Waals surface area contributed by atoms with Crippen molar-refractivity contribution in [2.45, 2.75) is 6.42 Å². The topological polar surface area (TPSA) is 53.5 Å². The Balaban J connectivity index is 1.89. The van der Waals surface area contributed by atoms with E-state index < -0.39 is 0 Å². The van der Waals surface area contributed by atoms with E-state index in [1.165, 1.54) is 0 Å². The molecule has 0 fully saturated rings. The second-order valence-corrected chi connectivity index (χ2v) is 6.01. The summed E-state index contributed by atoms with van der Waals surface area (Å²) in [5.41, 5.74) is 0.931. The first-order valence-electron chi connectivity index (χ1n) is 7.77. The van der Waals surface area contributed by atoms with Gasteiger partial charge in [0.25, 0.3) is 0 Å². The van der Waals surface area contributed by atoms with Gasteiger partial charge in [-0.15, -0.1) is 0 Å². The van der Waals surface area contributed by atoms with Gasteiger partial charge < -0.3 is 14.2 Å². The molecule has 0 saturated carbocycles. The fraction of sp³-hybridized carbons (Fsp3) is 0.158. The fourth-order valence-electron chi connectivity index (χ4n) is 2.43. The molecule has 0 unspecified atom stereocenters. The molecule has 3 rings (SSSR count). The predicted molar refractivity (Wildman–Crippen MR) is 101 cm³/mol. The van der Waals surface area contributed by atoms with E-state index >= 15 is 0 Å². The molecule has 0 aliphatic rings. The zero-order valence-electron chi connectivity index (χ0n) is 14.2. The summed E-state index contributed by atoms with van der Waals surface area (Å²) in [6.07, 6.45) is 0.429. The van der Waals surface area contributed by atoms with Gasteiger partial charge in [0.15, 0.2) is 21.8 Å². The van der Waals surface area contributed by atoms with Gasteiger partial charge in [-0.3, -0.25) is 0 Å². The first-order valence-corrected chi connectivity index (χ1v) is 8.52. The van der Waals surface area contributed by atoms with Crippen LogP contribution in [-0.2, 0) is 6.42 Å². The van der Waals surface area contributed by atoms with Gasteiger partial charge in [0.05, 0.1) is 14.2 Å². The van der Waals surface area contributed by atoms with Crippen molar-refractivity contribution in [3.63, 3.8) is 0 Å². The zero-order chi connectivity index (χ0) is 18.5. The number of para-hydroxylation sites is 3. The summed E-state index contributed by atoms with van der Waals surface area (Å²) < 4.78 is 16.4. The average Bonchev–Trinajstić information content (AvgIpc) is 2.65. The minimum atomic E-state index is 0.126. The maximum absolute atomic E-state index is 6.29. The van der Waals surface area contributed by atoms with Crippen LogP contribution in [0.3, 0.4) is 0 Å². The maximum Gasteiger partial charge on any atom is 0.202 e. The second kappa shape index (κ2) is 8.25. The Bertz CT molecular complexity index is 896. The van der Waals surface area contributed by atoms with E-state index in [0.29, 0.717) is 23.7 Å². The Labute approximate surface area is 161 Å². The van der Waals surface area contributed by atoms with Crippen LogP contribution >= 0.6 is 23.2 Å². The summed E-state index contributed by atoms with van der Waals surface area (Å²) in [5.74, 6) is 2.42. The number of rotatable bonds is 6. The van der Waals surface area contributed by atoms with Crippen LogP contribution in [-0.4, -0.2) is 24.2 Å². The number of aromatic nitrogens is 2. The molecule has 0 atom stereocenters. The molecule has 7 heteroatoms. The van der Waals surface area contributed by atoms with Crippen molar-refractivity contribution in [3.05, 3.63) is 70.2 Å². The minimum Gasteiger partial charge on any atom is -0.496 e. The van der Waals surface area contributed by atoms with Crippen LogP contribution in [0.25, 0.3) is 0 Å². The highest BCUT2D eigenvalue weighted by Crippen LogP contribution is 2.38. The third kappa shape index (κ3) is 4.00. The predicted octanol–water partition coefficient (Wildman–Crippen LogP) is 5.18. The van der Waals surface area contributed by atoms with Crippen LogP contribution < -0.4 is 14.2 Å². The summed E-state index contributed by atoms with van der Waals surface area (Å²) in [5, 5.41) is 0.251. The molecule has 0 spiro atoms. The number of benzene rings is 2. The van der Waals surface area contributed by atoms with Crippen molar-refractivity contribution < 1.29 is 14.2 Å². The molecule has 3 aromatic rings. The molecule has 1 aromatic heterocycles. The van der Waals surface area contributed by atoms with Gasteiger partial charge in [-0.05, 0) is 18.2 Å². The van der Waals surface area contributed by atoms with Gasteiger partial charge in [0, 0.05) is 12.0 Å². The van der Waals surface area contributed by atoms with Crippen LogP contribution in [0.4, 0.5) is 0 Å². The molecule has 1 heterocycles.